The molecule has 0 saturated carbocycles. The van der Waals surface area contributed by atoms with Crippen LogP contribution in [0.15, 0.2) is 6.07 Å². The van der Waals surface area contributed by atoms with Crippen LogP contribution < -0.4 is 10.1 Å². The first kappa shape index (κ1) is 15.0. The van der Waals surface area contributed by atoms with E-state index in [-0.39, 0.29) is 6.10 Å². The van der Waals surface area contributed by atoms with Crippen molar-refractivity contribution >= 4 is 5.95 Å². The van der Waals surface area contributed by atoms with Gasteiger partial charge in [-0.25, -0.2) is 4.98 Å². The van der Waals surface area contributed by atoms with Crippen LogP contribution in [-0.4, -0.2) is 46.5 Å². The third-order valence-electron chi connectivity index (χ3n) is 3.19. The lowest BCUT2D eigenvalue weighted by Gasteiger charge is -2.32. The van der Waals surface area contributed by atoms with E-state index in [1.807, 2.05) is 20.8 Å². The van der Waals surface area contributed by atoms with Gasteiger partial charge in [0.15, 0.2) is 0 Å². The minimum Gasteiger partial charge on any atom is -0.475 e. The Bertz CT molecular complexity index is 445. The van der Waals surface area contributed by atoms with Crippen LogP contribution in [0.5, 0.6) is 5.88 Å². The molecule has 0 aliphatic carbocycles. The number of aliphatic hydroxyl groups is 1. The van der Waals surface area contributed by atoms with Gasteiger partial charge in [-0.2, -0.15) is 4.98 Å². The van der Waals surface area contributed by atoms with Gasteiger partial charge in [-0.3, -0.25) is 0 Å². The van der Waals surface area contributed by atoms with Crippen LogP contribution in [0, 0.1) is 6.92 Å². The van der Waals surface area contributed by atoms with Crippen LogP contribution in [0.1, 0.15) is 32.4 Å². The van der Waals surface area contributed by atoms with Crippen molar-refractivity contribution in [2.45, 2.75) is 45.3 Å². The van der Waals surface area contributed by atoms with Crippen molar-refractivity contribution < 1.29 is 14.6 Å². The molecule has 0 unspecified atom stereocenters. The summed E-state index contributed by atoms with van der Waals surface area (Å²) in [5, 5.41) is 13.5. The van der Waals surface area contributed by atoms with Crippen molar-refractivity contribution in [3.05, 3.63) is 11.8 Å². The second-order valence-electron chi connectivity index (χ2n) is 5.53. The second kappa shape index (κ2) is 6.37. The maximum Gasteiger partial charge on any atom is 0.226 e. The largest absolute Gasteiger partial charge is 0.475 e. The highest BCUT2D eigenvalue weighted by Crippen LogP contribution is 2.21. The Morgan fingerprint density at radius 1 is 1.40 bits per heavy atom. The fraction of sp³-hybridized carbons (Fsp3) is 0.714. The lowest BCUT2D eigenvalue weighted by Crippen LogP contribution is -2.42. The van der Waals surface area contributed by atoms with E-state index in [0.29, 0.717) is 44.4 Å². The van der Waals surface area contributed by atoms with Gasteiger partial charge in [0.2, 0.25) is 11.8 Å². The third-order valence-corrected chi connectivity index (χ3v) is 3.19. The van der Waals surface area contributed by atoms with E-state index in [2.05, 4.69) is 15.3 Å². The number of aryl methyl sites for hydroxylation is 1. The standard InChI is InChI=1S/C14H23N3O3/c1-10(2)20-12-8-11(3)16-13(17-12)15-9-14(18)4-6-19-7-5-14/h8,10,18H,4-7,9H2,1-3H3,(H,15,16,17). The van der Waals surface area contributed by atoms with Gasteiger partial charge in [-0.05, 0) is 20.8 Å². The van der Waals surface area contributed by atoms with E-state index in [4.69, 9.17) is 9.47 Å². The van der Waals surface area contributed by atoms with Gasteiger partial charge in [0.25, 0.3) is 0 Å². The number of hydrogen-bond acceptors (Lipinski definition) is 6. The number of aromatic nitrogens is 2. The Balaban J connectivity index is 1.99. The maximum atomic E-state index is 10.4. The monoisotopic (exact) mass is 281 g/mol. The highest BCUT2D eigenvalue weighted by atomic mass is 16.5. The summed E-state index contributed by atoms with van der Waals surface area (Å²) in [6.45, 7) is 7.40. The molecule has 0 atom stereocenters. The average Bonchev–Trinajstić information content (AvgIpc) is 2.36. The van der Waals surface area contributed by atoms with Crippen LogP contribution in [0.2, 0.25) is 0 Å². The fourth-order valence-electron chi connectivity index (χ4n) is 2.09. The molecule has 0 radical (unpaired) electrons. The van der Waals surface area contributed by atoms with Crippen molar-refractivity contribution in [3.8, 4) is 5.88 Å². The molecule has 0 aromatic carbocycles. The Hall–Kier alpha value is -1.40. The van der Waals surface area contributed by atoms with E-state index < -0.39 is 5.60 Å². The normalized spacial score (nSPS) is 18.1. The predicted molar refractivity (Wildman–Crippen MR) is 76.0 cm³/mol. The zero-order chi connectivity index (χ0) is 14.6. The van der Waals surface area contributed by atoms with Gasteiger partial charge in [0.1, 0.15) is 0 Å². The van der Waals surface area contributed by atoms with E-state index >= 15 is 0 Å². The van der Waals surface area contributed by atoms with Crippen LogP contribution in [0.3, 0.4) is 0 Å². The summed E-state index contributed by atoms with van der Waals surface area (Å²) < 4.78 is 10.8. The number of anilines is 1. The molecular weight excluding hydrogens is 258 g/mol. The van der Waals surface area contributed by atoms with Gasteiger partial charge in [-0.15, -0.1) is 0 Å². The highest BCUT2D eigenvalue weighted by Gasteiger charge is 2.29. The highest BCUT2D eigenvalue weighted by molar-refractivity contribution is 5.31. The summed E-state index contributed by atoms with van der Waals surface area (Å²) in [4.78, 5) is 8.61. The molecule has 0 bridgehead atoms. The minimum absolute atomic E-state index is 0.0665. The molecule has 2 rings (SSSR count). The first-order valence-electron chi connectivity index (χ1n) is 7.03. The molecule has 2 heterocycles. The summed E-state index contributed by atoms with van der Waals surface area (Å²) in [5.74, 6) is 1.04. The van der Waals surface area contributed by atoms with Crippen molar-refractivity contribution in [1.82, 2.24) is 9.97 Å². The van der Waals surface area contributed by atoms with Gasteiger partial charge in [-0.1, -0.05) is 0 Å². The smallest absolute Gasteiger partial charge is 0.226 e. The summed E-state index contributed by atoms with van der Waals surface area (Å²) in [5.41, 5.74) is 0.0851. The quantitative estimate of drug-likeness (QED) is 0.852. The van der Waals surface area contributed by atoms with Gasteiger partial charge < -0.3 is 19.9 Å². The van der Waals surface area contributed by atoms with Crippen molar-refractivity contribution in [3.63, 3.8) is 0 Å². The van der Waals surface area contributed by atoms with E-state index in [1.54, 1.807) is 6.07 Å². The maximum absolute atomic E-state index is 10.4. The topological polar surface area (TPSA) is 76.5 Å². The average molecular weight is 281 g/mol. The number of ether oxygens (including phenoxy) is 2. The molecule has 6 nitrogen and oxygen atoms in total. The molecule has 6 heteroatoms. The molecule has 1 aromatic heterocycles. The van der Waals surface area contributed by atoms with Crippen LogP contribution in [0.25, 0.3) is 0 Å². The first-order valence-corrected chi connectivity index (χ1v) is 7.03. The number of hydrogen-bond donors (Lipinski definition) is 2. The summed E-state index contributed by atoms with van der Waals surface area (Å²) >= 11 is 0. The van der Waals surface area contributed by atoms with Crippen LogP contribution in [0.4, 0.5) is 5.95 Å². The van der Waals surface area contributed by atoms with E-state index in [0.717, 1.165) is 5.69 Å². The molecule has 1 aliphatic rings. The molecule has 0 spiro atoms. The lowest BCUT2D eigenvalue weighted by atomic mass is 9.94. The summed E-state index contributed by atoms with van der Waals surface area (Å²) in [7, 11) is 0. The third kappa shape index (κ3) is 4.31. The predicted octanol–water partition coefficient (Wildman–Crippen LogP) is 1.53. The Morgan fingerprint density at radius 3 is 2.75 bits per heavy atom. The summed E-state index contributed by atoms with van der Waals surface area (Å²) in [6, 6.07) is 1.80. The summed E-state index contributed by atoms with van der Waals surface area (Å²) in [6.07, 6.45) is 1.32. The molecule has 1 saturated heterocycles. The SMILES string of the molecule is Cc1cc(OC(C)C)nc(NCC2(O)CCOCC2)n1. The molecule has 112 valence electrons. The zero-order valence-corrected chi connectivity index (χ0v) is 12.3. The Morgan fingerprint density at radius 2 is 2.10 bits per heavy atom. The first-order chi connectivity index (χ1) is 9.47. The van der Waals surface area contributed by atoms with Crippen LogP contribution in [-0.2, 0) is 4.74 Å². The molecule has 20 heavy (non-hydrogen) atoms. The number of nitrogens with zero attached hydrogens (tertiary/aromatic N) is 2. The van der Waals surface area contributed by atoms with Gasteiger partial charge >= 0.3 is 0 Å². The van der Waals surface area contributed by atoms with Gasteiger partial charge in [0.05, 0.1) is 11.7 Å². The molecule has 2 N–H and O–H groups in total. The van der Waals surface area contributed by atoms with E-state index in [9.17, 15) is 5.11 Å². The van der Waals surface area contributed by atoms with Crippen molar-refractivity contribution in [2.75, 3.05) is 25.1 Å². The van der Waals surface area contributed by atoms with E-state index in [1.165, 1.54) is 0 Å². The second-order valence-corrected chi connectivity index (χ2v) is 5.53. The lowest BCUT2D eigenvalue weighted by molar-refractivity contribution is -0.0544. The molecular formula is C14H23N3O3. The molecule has 1 fully saturated rings. The zero-order valence-electron chi connectivity index (χ0n) is 12.3. The van der Waals surface area contributed by atoms with Crippen molar-refractivity contribution in [2.24, 2.45) is 0 Å². The minimum atomic E-state index is -0.746. The number of nitrogens with one attached hydrogen (secondary N) is 1. The Labute approximate surface area is 119 Å². The Kier molecular flexibility index (Phi) is 4.77. The molecule has 1 aliphatic heterocycles. The molecule has 0 amide bonds. The number of rotatable bonds is 5. The van der Waals surface area contributed by atoms with Crippen LogP contribution >= 0.6 is 0 Å². The molecule has 1 aromatic rings. The fourth-order valence-corrected chi connectivity index (χ4v) is 2.09. The van der Waals surface area contributed by atoms with Crippen molar-refractivity contribution in [1.29, 1.82) is 0 Å². The van der Waals surface area contributed by atoms with Gasteiger partial charge in [0, 0.05) is 44.4 Å².